The molecule has 1 aliphatic heterocycles. The van der Waals surface area contributed by atoms with Crippen LogP contribution in [-0.4, -0.2) is 54.2 Å². The highest BCUT2D eigenvalue weighted by Crippen LogP contribution is 2.34. The van der Waals surface area contributed by atoms with Crippen LogP contribution in [0.4, 0.5) is 0 Å². The molecule has 0 amide bonds. The monoisotopic (exact) mass is 260 g/mol. The molecule has 1 saturated heterocycles. The number of aliphatic hydroxyl groups excluding tert-OH is 1. The van der Waals surface area contributed by atoms with Gasteiger partial charge < -0.3 is 10.0 Å². The highest BCUT2D eigenvalue weighted by molar-refractivity contribution is 5.32. The Morgan fingerprint density at radius 2 is 2.00 bits per heavy atom. The van der Waals surface area contributed by atoms with Crippen LogP contribution < -0.4 is 0 Å². The van der Waals surface area contributed by atoms with Crippen molar-refractivity contribution >= 4 is 0 Å². The lowest BCUT2D eigenvalue weighted by Crippen LogP contribution is -2.42. The van der Waals surface area contributed by atoms with Gasteiger partial charge in [-0.3, -0.25) is 4.90 Å². The van der Waals surface area contributed by atoms with E-state index in [1.807, 2.05) is 6.07 Å². The van der Waals surface area contributed by atoms with Gasteiger partial charge in [0.25, 0.3) is 0 Å². The summed E-state index contributed by atoms with van der Waals surface area (Å²) in [6.07, 6.45) is 3.09. The molecule has 19 heavy (non-hydrogen) atoms. The Morgan fingerprint density at radius 3 is 2.74 bits per heavy atom. The fraction of sp³-hybridized carbons (Fsp3) is 0.625. The van der Waals surface area contributed by atoms with Crippen molar-refractivity contribution < 1.29 is 5.11 Å². The molecule has 104 valence electrons. The quantitative estimate of drug-likeness (QED) is 0.876. The maximum atomic E-state index is 10.7. The Labute approximate surface area is 115 Å². The van der Waals surface area contributed by atoms with Gasteiger partial charge in [0.2, 0.25) is 0 Å². The van der Waals surface area contributed by atoms with Gasteiger partial charge in [-0.15, -0.1) is 0 Å². The normalized spacial score (nSPS) is 31.7. The smallest absolute Gasteiger partial charge is 0.0947 e. The molecular weight excluding hydrogens is 236 g/mol. The first kappa shape index (κ1) is 13.1. The molecule has 0 saturated carbocycles. The molecule has 1 N–H and O–H groups in total. The molecule has 1 aromatic rings. The Bertz CT molecular complexity index is 446. The van der Waals surface area contributed by atoms with Crippen LogP contribution in [0.25, 0.3) is 0 Å². The standard InChI is InChI=1S/C16H24N2O/c1-17(2)13-9-10-18(11-13)15-8-7-12-5-3-4-6-14(12)16(15)19/h3-6,13,15-16,19H,7-11H2,1-2H3. The maximum Gasteiger partial charge on any atom is 0.0947 e. The number of nitrogens with zero attached hydrogens (tertiary/aromatic N) is 2. The predicted octanol–water partition coefficient (Wildman–Crippen LogP) is 1.67. The second-order valence-electron chi connectivity index (χ2n) is 6.15. The Kier molecular flexibility index (Phi) is 3.61. The zero-order valence-electron chi connectivity index (χ0n) is 11.9. The first-order valence-corrected chi connectivity index (χ1v) is 7.33. The second kappa shape index (κ2) is 5.23. The third-order valence-corrected chi connectivity index (χ3v) is 4.84. The minimum atomic E-state index is -0.314. The summed E-state index contributed by atoms with van der Waals surface area (Å²) in [5.74, 6) is 0. The number of hydrogen-bond acceptors (Lipinski definition) is 3. The summed E-state index contributed by atoms with van der Waals surface area (Å²) < 4.78 is 0. The minimum Gasteiger partial charge on any atom is -0.387 e. The lowest BCUT2D eigenvalue weighted by atomic mass is 9.85. The van der Waals surface area contributed by atoms with Crippen LogP contribution in [0.15, 0.2) is 24.3 Å². The summed E-state index contributed by atoms with van der Waals surface area (Å²) in [7, 11) is 4.31. The summed E-state index contributed by atoms with van der Waals surface area (Å²) in [5.41, 5.74) is 2.47. The summed E-state index contributed by atoms with van der Waals surface area (Å²) >= 11 is 0. The van der Waals surface area contributed by atoms with E-state index in [1.165, 1.54) is 12.0 Å². The van der Waals surface area contributed by atoms with Crippen molar-refractivity contribution in [2.45, 2.75) is 37.5 Å². The van der Waals surface area contributed by atoms with Crippen molar-refractivity contribution in [3.05, 3.63) is 35.4 Å². The Morgan fingerprint density at radius 1 is 1.21 bits per heavy atom. The molecule has 0 radical (unpaired) electrons. The summed E-state index contributed by atoms with van der Waals surface area (Å²) in [6, 6.07) is 9.30. The third kappa shape index (κ3) is 2.42. The number of likely N-dealkylation sites (tertiary alicyclic amines) is 1. The molecule has 1 aliphatic carbocycles. The van der Waals surface area contributed by atoms with E-state index in [2.05, 4.69) is 42.1 Å². The molecule has 0 bridgehead atoms. The van der Waals surface area contributed by atoms with E-state index < -0.39 is 0 Å². The number of benzene rings is 1. The molecule has 3 heteroatoms. The average molecular weight is 260 g/mol. The third-order valence-electron chi connectivity index (χ3n) is 4.84. The summed E-state index contributed by atoms with van der Waals surface area (Å²) in [5, 5.41) is 10.7. The van der Waals surface area contributed by atoms with E-state index in [9.17, 15) is 5.11 Å². The van der Waals surface area contributed by atoms with E-state index in [0.29, 0.717) is 12.1 Å². The molecule has 1 fully saturated rings. The average Bonchev–Trinajstić information content (AvgIpc) is 2.89. The number of likely N-dealkylation sites (N-methyl/N-ethyl adjacent to an activating group) is 1. The Hall–Kier alpha value is -0.900. The number of aryl methyl sites for hydroxylation is 1. The van der Waals surface area contributed by atoms with Crippen molar-refractivity contribution in [3.63, 3.8) is 0 Å². The Balaban J connectivity index is 1.74. The van der Waals surface area contributed by atoms with Crippen molar-refractivity contribution in [1.82, 2.24) is 9.80 Å². The van der Waals surface area contributed by atoms with E-state index in [-0.39, 0.29) is 6.10 Å². The second-order valence-corrected chi connectivity index (χ2v) is 6.15. The van der Waals surface area contributed by atoms with E-state index in [4.69, 9.17) is 0 Å². The van der Waals surface area contributed by atoms with Gasteiger partial charge in [-0.25, -0.2) is 0 Å². The van der Waals surface area contributed by atoms with Crippen LogP contribution in [0.3, 0.4) is 0 Å². The van der Waals surface area contributed by atoms with Crippen LogP contribution in [-0.2, 0) is 6.42 Å². The first-order chi connectivity index (χ1) is 9.16. The molecule has 0 aromatic heterocycles. The fourth-order valence-corrected chi connectivity index (χ4v) is 3.59. The number of aliphatic hydroxyl groups is 1. The van der Waals surface area contributed by atoms with Gasteiger partial charge in [0.1, 0.15) is 0 Å². The van der Waals surface area contributed by atoms with Crippen molar-refractivity contribution in [2.24, 2.45) is 0 Å². The lowest BCUT2D eigenvalue weighted by Gasteiger charge is -2.36. The fourth-order valence-electron chi connectivity index (χ4n) is 3.59. The molecule has 3 nitrogen and oxygen atoms in total. The molecule has 3 rings (SSSR count). The van der Waals surface area contributed by atoms with E-state index >= 15 is 0 Å². The van der Waals surface area contributed by atoms with Crippen LogP contribution in [0, 0.1) is 0 Å². The summed E-state index contributed by atoms with van der Waals surface area (Å²) in [6.45, 7) is 2.21. The van der Waals surface area contributed by atoms with Crippen molar-refractivity contribution in [1.29, 1.82) is 0 Å². The van der Waals surface area contributed by atoms with Crippen LogP contribution in [0.1, 0.15) is 30.1 Å². The molecule has 3 unspecified atom stereocenters. The van der Waals surface area contributed by atoms with Crippen LogP contribution >= 0.6 is 0 Å². The van der Waals surface area contributed by atoms with Crippen LogP contribution in [0.5, 0.6) is 0 Å². The topological polar surface area (TPSA) is 26.7 Å². The van der Waals surface area contributed by atoms with Gasteiger partial charge >= 0.3 is 0 Å². The lowest BCUT2D eigenvalue weighted by molar-refractivity contribution is 0.0457. The highest BCUT2D eigenvalue weighted by atomic mass is 16.3. The minimum absolute atomic E-state index is 0.305. The first-order valence-electron chi connectivity index (χ1n) is 7.33. The molecular formula is C16H24N2O. The van der Waals surface area contributed by atoms with E-state index in [1.54, 1.807) is 0 Å². The molecule has 0 spiro atoms. The largest absolute Gasteiger partial charge is 0.387 e. The van der Waals surface area contributed by atoms with Gasteiger partial charge in [0, 0.05) is 25.2 Å². The molecule has 3 atom stereocenters. The van der Waals surface area contributed by atoms with Gasteiger partial charge in [-0.1, -0.05) is 24.3 Å². The number of rotatable bonds is 2. The van der Waals surface area contributed by atoms with Gasteiger partial charge in [-0.05, 0) is 44.5 Å². The number of hydrogen-bond donors (Lipinski definition) is 1. The predicted molar refractivity (Wildman–Crippen MR) is 77.2 cm³/mol. The zero-order chi connectivity index (χ0) is 13.4. The maximum absolute atomic E-state index is 10.7. The van der Waals surface area contributed by atoms with Crippen molar-refractivity contribution in [2.75, 3.05) is 27.2 Å². The summed E-state index contributed by atoms with van der Waals surface area (Å²) in [4.78, 5) is 4.80. The van der Waals surface area contributed by atoms with E-state index in [0.717, 1.165) is 31.5 Å². The molecule has 1 aromatic carbocycles. The van der Waals surface area contributed by atoms with Gasteiger partial charge in [-0.2, -0.15) is 0 Å². The van der Waals surface area contributed by atoms with Gasteiger partial charge in [0.15, 0.2) is 0 Å². The zero-order valence-corrected chi connectivity index (χ0v) is 11.9. The van der Waals surface area contributed by atoms with Gasteiger partial charge in [0.05, 0.1) is 6.10 Å². The molecule has 2 aliphatic rings. The highest BCUT2D eigenvalue weighted by Gasteiger charge is 2.36. The molecule has 1 heterocycles. The van der Waals surface area contributed by atoms with Crippen molar-refractivity contribution in [3.8, 4) is 0 Å². The number of fused-ring (bicyclic) bond motifs is 1. The van der Waals surface area contributed by atoms with Crippen LogP contribution in [0.2, 0.25) is 0 Å². The SMILES string of the molecule is CN(C)C1CCN(C2CCc3ccccc3C2O)C1.